The van der Waals surface area contributed by atoms with Crippen molar-refractivity contribution in [2.75, 3.05) is 32.0 Å². The smallest absolute Gasteiger partial charge is 0.368 e. The topological polar surface area (TPSA) is 61.3 Å². The molecule has 0 radical (unpaired) electrons. The van der Waals surface area contributed by atoms with E-state index >= 15 is 0 Å². The van der Waals surface area contributed by atoms with E-state index in [-0.39, 0.29) is 36.3 Å². The summed E-state index contributed by atoms with van der Waals surface area (Å²) in [5.74, 6) is 0.776. The van der Waals surface area contributed by atoms with E-state index in [1.807, 2.05) is 11.4 Å². The zero-order chi connectivity index (χ0) is 19.0. The summed E-state index contributed by atoms with van der Waals surface area (Å²) in [7, 11) is 1.65. The van der Waals surface area contributed by atoms with E-state index in [9.17, 15) is 13.2 Å². The summed E-state index contributed by atoms with van der Waals surface area (Å²) < 4.78 is 38.7. The van der Waals surface area contributed by atoms with Gasteiger partial charge in [-0.1, -0.05) is 13.0 Å². The van der Waals surface area contributed by atoms with E-state index in [4.69, 9.17) is 0 Å². The molecule has 1 atom stereocenters. The van der Waals surface area contributed by atoms with Gasteiger partial charge in [-0.05, 0) is 23.6 Å². The fourth-order valence-corrected chi connectivity index (χ4v) is 3.07. The first-order valence-corrected chi connectivity index (χ1v) is 9.03. The monoisotopic (exact) mass is 513 g/mol. The first-order valence-electron chi connectivity index (χ1n) is 8.16. The van der Waals surface area contributed by atoms with Gasteiger partial charge >= 0.3 is 6.18 Å². The number of rotatable bonds is 7. The van der Waals surface area contributed by atoms with Gasteiger partial charge in [-0.15, -0.1) is 35.3 Å². The van der Waals surface area contributed by atoms with Gasteiger partial charge in [0, 0.05) is 43.7 Å². The Kier molecular flexibility index (Phi) is 9.84. The molecule has 1 unspecified atom stereocenters. The molecule has 3 N–H and O–H groups in total. The molecule has 5 nitrogen and oxygen atoms in total. The first-order chi connectivity index (χ1) is 12.4. The van der Waals surface area contributed by atoms with Crippen LogP contribution in [0.25, 0.3) is 0 Å². The second kappa shape index (κ2) is 11.3. The fraction of sp³-hybridized carbons (Fsp3) is 0.412. The van der Waals surface area contributed by atoms with Gasteiger partial charge in [0.25, 0.3) is 0 Å². The van der Waals surface area contributed by atoms with Crippen LogP contribution in [0.3, 0.4) is 0 Å². The minimum Gasteiger partial charge on any atom is -0.368 e. The third-order valence-corrected chi connectivity index (χ3v) is 4.76. The van der Waals surface area contributed by atoms with Gasteiger partial charge in [-0.25, -0.2) is 4.98 Å². The molecule has 0 aliphatic rings. The van der Waals surface area contributed by atoms with Crippen molar-refractivity contribution in [3.63, 3.8) is 0 Å². The normalized spacial score (nSPS) is 12.9. The molecule has 0 saturated carbocycles. The Morgan fingerprint density at radius 3 is 2.63 bits per heavy atom. The molecule has 2 aromatic rings. The summed E-state index contributed by atoms with van der Waals surface area (Å²) in [5, 5.41) is 11.0. The Morgan fingerprint density at radius 2 is 2.00 bits per heavy atom. The van der Waals surface area contributed by atoms with Gasteiger partial charge in [-0.3, -0.25) is 4.99 Å². The molecule has 0 saturated heterocycles. The summed E-state index contributed by atoms with van der Waals surface area (Å²) in [6.07, 6.45) is -3.10. The molecule has 0 spiro atoms. The van der Waals surface area contributed by atoms with Gasteiger partial charge in [-0.2, -0.15) is 13.2 Å². The fourth-order valence-electron chi connectivity index (χ4n) is 2.28. The van der Waals surface area contributed by atoms with Crippen LogP contribution in [-0.4, -0.2) is 37.6 Å². The van der Waals surface area contributed by atoms with Crippen molar-refractivity contribution in [2.45, 2.75) is 19.0 Å². The number of nitrogens with one attached hydrogen (secondary N) is 3. The number of alkyl halides is 3. The molecule has 150 valence electrons. The highest BCUT2D eigenvalue weighted by Gasteiger charge is 2.33. The number of anilines is 1. The predicted octanol–water partition coefficient (Wildman–Crippen LogP) is 4.16. The number of guanidine groups is 1. The zero-order valence-electron chi connectivity index (χ0n) is 15.0. The molecular weight excluding hydrogens is 490 g/mol. The summed E-state index contributed by atoms with van der Waals surface area (Å²) in [4.78, 5) is 9.17. The van der Waals surface area contributed by atoms with E-state index in [1.165, 1.54) is 17.1 Å². The van der Waals surface area contributed by atoms with Crippen molar-refractivity contribution in [1.29, 1.82) is 0 Å². The van der Waals surface area contributed by atoms with Crippen molar-refractivity contribution >= 4 is 47.1 Å². The van der Waals surface area contributed by atoms with Crippen LogP contribution >= 0.6 is 35.3 Å². The lowest BCUT2D eigenvalue weighted by atomic mass is 10.1. The summed E-state index contributed by atoms with van der Waals surface area (Å²) in [6, 6.07) is 6.38. The van der Waals surface area contributed by atoms with Gasteiger partial charge in [0.05, 0.1) is 5.56 Å². The second-order valence-electron chi connectivity index (χ2n) is 5.62. The van der Waals surface area contributed by atoms with Crippen LogP contribution in [0.2, 0.25) is 0 Å². The van der Waals surface area contributed by atoms with Gasteiger partial charge in [0.1, 0.15) is 5.82 Å². The lowest BCUT2D eigenvalue weighted by Gasteiger charge is -2.16. The van der Waals surface area contributed by atoms with Crippen LogP contribution in [0.1, 0.15) is 23.3 Å². The standard InChI is InChI=1S/C17H22F3N5S.HI/c1-12(14-6-4-10-26-14)11-25-16(21-2)24-9-8-23-15-13(17(18,19)20)5-3-7-22-15;/h3-7,10,12H,8-9,11H2,1-2H3,(H,22,23)(H2,21,24,25);1H. The molecule has 0 aromatic carbocycles. The highest BCUT2D eigenvalue weighted by molar-refractivity contribution is 14.0. The van der Waals surface area contributed by atoms with Crippen LogP contribution in [0.4, 0.5) is 19.0 Å². The number of halogens is 4. The number of hydrogen-bond acceptors (Lipinski definition) is 4. The highest BCUT2D eigenvalue weighted by atomic mass is 127. The number of pyridine rings is 1. The molecule has 0 fully saturated rings. The number of nitrogens with zero attached hydrogens (tertiary/aromatic N) is 2. The van der Waals surface area contributed by atoms with Crippen LogP contribution in [0.15, 0.2) is 40.8 Å². The van der Waals surface area contributed by atoms with Crippen LogP contribution < -0.4 is 16.0 Å². The Morgan fingerprint density at radius 1 is 1.22 bits per heavy atom. The van der Waals surface area contributed by atoms with E-state index in [0.717, 1.165) is 6.07 Å². The Bertz CT molecular complexity index is 707. The molecule has 0 aliphatic heterocycles. The first kappa shape index (κ1) is 23.5. The molecule has 27 heavy (non-hydrogen) atoms. The summed E-state index contributed by atoms with van der Waals surface area (Å²) in [5.41, 5.74) is -0.771. The third-order valence-electron chi connectivity index (χ3n) is 3.65. The molecular formula is C17H23F3IN5S. The predicted molar refractivity (Wildman–Crippen MR) is 115 cm³/mol. The number of hydrogen-bond donors (Lipinski definition) is 3. The Balaban J connectivity index is 0.00000364. The number of aromatic nitrogens is 1. The average Bonchev–Trinajstić information content (AvgIpc) is 3.15. The molecule has 2 rings (SSSR count). The third kappa shape index (κ3) is 7.53. The van der Waals surface area contributed by atoms with E-state index in [0.29, 0.717) is 25.0 Å². The lowest BCUT2D eigenvalue weighted by Crippen LogP contribution is -2.41. The van der Waals surface area contributed by atoms with Gasteiger partial charge in [0.15, 0.2) is 5.96 Å². The van der Waals surface area contributed by atoms with Crippen molar-refractivity contribution in [2.24, 2.45) is 4.99 Å². The lowest BCUT2D eigenvalue weighted by molar-refractivity contribution is -0.137. The average molecular weight is 513 g/mol. The maximum atomic E-state index is 12.9. The highest BCUT2D eigenvalue weighted by Crippen LogP contribution is 2.33. The zero-order valence-corrected chi connectivity index (χ0v) is 18.2. The number of aliphatic imine (C=N–C) groups is 1. The van der Waals surface area contributed by atoms with E-state index < -0.39 is 11.7 Å². The SMILES string of the molecule is CN=C(NCCNc1ncccc1C(F)(F)F)NCC(C)c1cccs1.I. The molecule has 10 heteroatoms. The summed E-state index contributed by atoms with van der Waals surface area (Å²) >= 11 is 1.70. The van der Waals surface area contributed by atoms with Crippen molar-refractivity contribution < 1.29 is 13.2 Å². The van der Waals surface area contributed by atoms with Crippen molar-refractivity contribution in [3.05, 3.63) is 46.3 Å². The van der Waals surface area contributed by atoms with Crippen LogP contribution in [-0.2, 0) is 6.18 Å². The van der Waals surface area contributed by atoms with Crippen molar-refractivity contribution in [1.82, 2.24) is 15.6 Å². The maximum Gasteiger partial charge on any atom is 0.419 e. The number of thiophene rings is 1. The Labute approximate surface area is 177 Å². The summed E-state index contributed by atoms with van der Waals surface area (Å²) in [6.45, 7) is 3.52. The van der Waals surface area contributed by atoms with Gasteiger partial charge < -0.3 is 16.0 Å². The Hall–Kier alpha value is -1.56. The molecule has 0 amide bonds. The second-order valence-corrected chi connectivity index (χ2v) is 6.60. The molecule has 0 bridgehead atoms. The van der Waals surface area contributed by atoms with Crippen molar-refractivity contribution in [3.8, 4) is 0 Å². The minimum atomic E-state index is -4.43. The van der Waals surface area contributed by atoms with Crippen LogP contribution in [0, 0.1) is 0 Å². The van der Waals surface area contributed by atoms with E-state index in [2.05, 4.69) is 38.9 Å². The molecule has 0 aliphatic carbocycles. The largest absolute Gasteiger partial charge is 0.419 e. The van der Waals surface area contributed by atoms with Gasteiger partial charge in [0.2, 0.25) is 0 Å². The maximum absolute atomic E-state index is 12.9. The van der Waals surface area contributed by atoms with E-state index in [1.54, 1.807) is 18.4 Å². The molecule has 2 aromatic heterocycles. The molecule has 2 heterocycles. The van der Waals surface area contributed by atoms with Crippen LogP contribution in [0.5, 0.6) is 0 Å². The minimum absolute atomic E-state index is 0. The quantitative estimate of drug-likeness (QED) is 0.225.